The monoisotopic (exact) mass is 200 g/mol. The molecule has 0 saturated carbocycles. The van der Waals surface area contributed by atoms with Crippen molar-refractivity contribution in [1.82, 2.24) is 0 Å². The number of hydrogen-bond acceptors (Lipinski definition) is 3. The van der Waals surface area contributed by atoms with Crippen LogP contribution in [-0.4, -0.2) is 18.0 Å². The molecule has 0 fully saturated rings. The van der Waals surface area contributed by atoms with Crippen molar-refractivity contribution in [2.75, 3.05) is 7.11 Å². The first-order valence-electron chi connectivity index (χ1n) is 3.64. The third kappa shape index (κ3) is 1.75. The quantitative estimate of drug-likeness (QED) is 0.745. The maximum absolute atomic E-state index is 11.0. The van der Waals surface area contributed by atoms with E-state index in [1.54, 1.807) is 0 Å². The number of methoxy groups -OCH3 is 1. The van der Waals surface area contributed by atoms with E-state index in [9.17, 15) is 9.90 Å². The molecule has 0 amide bonds. The molecule has 1 aromatic rings. The van der Waals surface area contributed by atoms with Gasteiger partial charge in [-0.1, -0.05) is 11.6 Å². The van der Waals surface area contributed by atoms with Crippen LogP contribution in [0.4, 0.5) is 0 Å². The van der Waals surface area contributed by atoms with Gasteiger partial charge in [-0.05, 0) is 19.1 Å². The van der Waals surface area contributed by atoms with Crippen molar-refractivity contribution < 1.29 is 14.6 Å². The normalized spacial score (nSPS) is 9.77. The van der Waals surface area contributed by atoms with Gasteiger partial charge in [0.2, 0.25) is 0 Å². The number of aromatic hydroxyl groups is 1. The van der Waals surface area contributed by atoms with E-state index in [2.05, 4.69) is 0 Å². The van der Waals surface area contributed by atoms with Crippen LogP contribution in [0.1, 0.15) is 17.3 Å². The second-order valence-corrected chi connectivity index (χ2v) is 2.91. The molecule has 13 heavy (non-hydrogen) atoms. The first-order valence-corrected chi connectivity index (χ1v) is 4.02. The second kappa shape index (κ2) is 3.66. The maximum atomic E-state index is 11.0. The number of ketones is 1. The maximum Gasteiger partial charge on any atom is 0.179 e. The molecule has 0 radical (unpaired) electrons. The Balaban J connectivity index is 3.35. The van der Waals surface area contributed by atoms with Crippen molar-refractivity contribution in [3.05, 3.63) is 22.7 Å². The Kier molecular flexibility index (Phi) is 2.78. The number of halogens is 1. The second-order valence-electron chi connectivity index (χ2n) is 2.54. The van der Waals surface area contributed by atoms with Crippen LogP contribution in [0.2, 0.25) is 5.02 Å². The molecule has 0 bridgehead atoms. The fraction of sp³-hybridized carbons (Fsp3) is 0.222. The van der Waals surface area contributed by atoms with Gasteiger partial charge in [-0.25, -0.2) is 0 Å². The average Bonchev–Trinajstić information content (AvgIpc) is 2.04. The zero-order valence-electron chi connectivity index (χ0n) is 7.30. The lowest BCUT2D eigenvalue weighted by Crippen LogP contribution is -1.95. The van der Waals surface area contributed by atoms with E-state index in [1.165, 1.54) is 26.2 Å². The minimum Gasteiger partial charge on any atom is -0.504 e. The SMILES string of the molecule is COc1c(O)ccc(C(C)=O)c1Cl. The predicted octanol–water partition coefficient (Wildman–Crippen LogP) is 2.26. The zero-order valence-corrected chi connectivity index (χ0v) is 8.05. The van der Waals surface area contributed by atoms with E-state index < -0.39 is 0 Å². The van der Waals surface area contributed by atoms with E-state index in [1.807, 2.05) is 0 Å². The van der Waals surface area contributed by atoms with Gasteiger partial charge in [-0.15, -0.1) is 0 Å². The van der Waals surface area contributed by atoms with Crippen molar-refractivity contribution in [3.63, 3.8) is 0 Å². The van der Waals surface area contributed by atoms with Crippen LogP contribution in [0.15, 0.2) is 12.1 Å². The Morgan fingerprint density at radius 2 is 2.15 bits per heavy atom. The van der Waals surface area contributed by atoms with Crippen molar-refractivity contribution >= 4 is 17.4 Å². The first-order chi connectivity index (χ1) is 6.07. The number of hydrogen-bond donors (Lipinski definition) is 1. The lowest BCUT2D eigenvalue weighted by molar-refractivity contribution is 0.101. The number of carbonyl (C=O) groups is 1. The predicted molar refractivity (Wildman–Crippen MR) is 49.7 cm³/mol. The molecular weight excluding hydrogens is 192 g/mol. The third-order valence-electron chi connectivity index (χ3n) is 1.66. The summed E-state index contributed by atoms with van der Waals surface area (Å²) in [5.41, 5.74) is 0.344. The van der Waals surface area contributed by atoms with Gasteiger partial charge in [-0.2, -0.15) is 0 Å². The highest BCUT2D eigenvalue weighted by Crippen LogP contribution is 2.36. The Hall–Kier alpha value is -1.22. The summed E-state index contributed by atoms with van der Waals surface area (Å²) in [6.07, 6.45) is 0. The number of Topliss-reactive ketones (excluding diaryl/α,β-unsaturated/α-hetero) is 1. The minimum absolute atomic E-state index is 0.0718. The molecule has 1 rings (SSSR count). The van der Waals surface area contributed by atoms with Gasteiger partial charge in [0.25, 0.3) is 0 Å². The average molecular weight is 201 g/mol. The van der Waals surface area contributed by atoms with Gasteiger partial charge < -0.3 is 9.84 Å². The number of benzene rings is 1. The Morgan fingerprint density at radius 1 is 1.54 bits per heavy atom. The number of rotatable bonds is 2. The molecule has 0 aromatic heterocycles. The summed E-state index contributed by atoms with van der Waals surface area (Å²) in [4.78, 5) is 11.0. The molecule has 0 saturated heterocycles. The van der Waals surface area contributed by atoms with E-state index in [0.29, 0.717) is 5.56 Å². The molecule has 4 heteroatoms. The minimum atomic E-state index is -0.164. The van der Waals surface area contributed by atoms with Crippen LogP contribution in [-0.2, 0) is 0 Å². The summed E-state index contributed by atoms with van der Waals surface area (Å²) in [6.45, 7) is 1.40. The van der Waals surface area contributed by atoms with E-state index in [4.69, 9.17) is 16.3 Å². The van der Waals surface area contributed by atoms with E-state index >= 15 is 0 Å². The fourth-order valence-corrected chi connectivity index (χ4v) is 1.38. The van der Waals surface area contributed by atoms with Gasteiger partial charge in [0, 0.05) is 5.56 Å². The van der Waals surface area contributed by atoms with Crippen LogP contribution in [0.5, 0.6) is 11.5 Å². The molecule has 3 nitrogen and oxygen atoms in total. The van der Waals surface area contributed by atoms with Gasteiger partial charge in [0.05, 0.1) is 12.1 Å². The summed E-state index contributed by atoms with van der Waals surface area (Å²) in [5.74, 6) is -0.102. The Labute approximate surface area is 80.9 Å². The summed E-state index contributed by atoms with van der Waals surface area (Å²) >= 11 is 5.80. The molecule has 1 aromatic carbocycles. The van der Waals surface area contributed by atoms with Crippen LogP contribution in [0.25, 0.3) is 0 Å². The summed E-state index contributed by atoms with van der Waals surface area (Å²) in [6, 6.07) is 2.84. The van der Waals surface area contributed by atoms with Gasteiger partial charge in [-0.3, -0.25) is 4.79 Å². The molecule has 0 unspecified atom stereocenters. The summed E-state index contributed by atoms with van der Waals surface area (Å²) in [7, 11) is 1.38. The van der Waals surface area contributed by atoms with Crippen molar-refractivity contribution in [1.29, 1.82) is 0 Å². The van der Waals surface area contributed by atoms with Gasteiger partial charge in [0.1, 0.15) is 0 Å². The Bertz CT molecular complexity index is 347. The molecule has 1 N–H and O–H groups in total. The number of phenols is 1. The topological polar surface area (TPSA) is 46.5 Å². The van der Waals surface area contributed by atoms with Crippen LogP contribution in [0.3, 0.4) is 0 Å². The number of phenolic OH excluding ortho intramolecular Hbond substituents is 1. The molecule has 0 aliphatic heterocycles. The van der Waals surface area contributed by atoms with Crippen molar-refractivity contribution in [2.45, 2.75) is 6.92 Å². The molecule has 0 spiro atoms. The smallest absolute Gasteiger partial charge is 0.179 e. The van der Waals surface area contributed by atoms with Crippen molar-refractivity contribution in [3.8, 4) is 11.5 Å². The molecule has 0 atom stereocenters. The Morgan fingerprint density at radius 3 is 2.62 bits per heavy atom. The number of carbonyl (C=O) groups excluding carboxylic acids is 1. The standard InChI is InChI=1S/C9H9ClO3/c1-5(11)6-3-4-7(12)9(13-2)8(6)10/h3-4,12H,1-2H3. The molecule has 0 aliphatic carbocycles. The molecule has 70 valence electrons. The highest BCUT2D eigenvalue weighted by molar-refractivity contribution is 6.35. The van der Waals surface area contributed by atoms with E-state index in [-0.39, 0.29) is 22.3 Å². The van der Waals surface area contributed by atoms with Crippen molar-refractivity contribution in [2.24, 2.45) is 0 Å². The zero-order chi connectivity index (χ0) is 10.0. The lowest BCUT2D eigenvalue weighted by Gasteiger charge is -2.07. The van der Waals surface area contributed by atoms with E-state index in [0.717, 1.165) is 0 Å². The third-order valence-corrected chi connectivity index (χ3v) is 2.03. The fourth-order valence-electron chi connectivity index (χ4n) is 1.01. The lowest BCUT2D eigenvalue weighted by atomic mass is 10.1. The summed E-state index contributed by atoms with van der Waals surface area (Å²) < 4.78 is 4.83. The highest BCUT2D eigenvalue weighted by Gasteiger charge is 2.13. The largest absolute Gasteiger partial charge is 0.504 e. The molecular formula is C9H9ClO3. The van der Waals surface area contributed by atoms with Crippen LogP contribution in [0, 0.1) is 0 Å². The summed E-state index contributed by atoms with van der Waals surface area (Å²) in [5, 5.41) is 9.42. The first kappa shape index (κ1) is 9.86. The van der Waals surface area contributed by atoms with Crippen LogP contribution < -0.4 is 4.74 Å². The van der Waals surface area contributed by atoms with Gasteiger partial charge in [0.15, 0.2) is 17.3 Å². The molecule has 0 aliphatic rings. The van der Waals surface area contributed by atoms with Gasteiger partial charge >= 0.3 is 0 Å². The number of ether oxygens (including phenoxy) is 1. The molecule has 0 heterocycles. The highest BCUT2D eigenvalue weighted by atomic mass is 35.5. The van der Waals surface area contributed by atoms with Crippen LogP contribution >= 0.6 is 11.6 Å².